The van der Waals surface area contributed by atoms with Crippen molar-refractivity contribution in [1.82, 2.24) is 5.32 Å². The maximum Gasteiger partial charge on any atom is 0.326 e. The first-order valence-corrected chi connectivity index (χ1v) is 6.89. The van der Waals surface area contributed by atoms with Crippen LogP contribution in [0.25, 0.3) is 0 Å². The maximum absolute atomic E-state index is 12.2. The highest BCUT2D eigenvalue weighted by molar-refractivity contribution is 5.88. The average Bonchev–Trinajstić information content (AvgIpc) is 3.15. The highest BCUT2D eigenvalue weighted by atomic mass is 16.4. The summed E-state index contributed by atoms with van der Waals surface area (Å²) in [6.45, 7) is 5.44. The lowest BCUT2D eigenvalue weighted by atomic mass is 9.86. The molecule has 1 fully saturated rings. The van der Waals surface area contributed by atoms with Gasteiger partial charge in [-0.05, 0) is 23.3 Å². The molecule has 0 heterocycles. The molecule has 108 valence electrons. The first-order valence-electron chi connectivity index (χ1n) is 6.89. The van der Waals surface area contributed by atoms with E-state index >= 15 is 0 Å². The Kier molecular flexibility index (Phi) is 3.84. The predicted octanol–water partition coefficient (Wildman–Crippen LogP) is 2.41. The summed E-state index contributed by atoms with van der Waals surface area (Å²) in [7, 11) is 0. The Bertz CT molecular complexity index is 504. The monoisotopic (exact) mass is 275 g/mol. The molecule has 0 spiro atoms. The lowest BCUT2D eigenvalue weighted by Gasteiger charge is -2.27. The van der Waals surface area contributed by atoms with Gasteiger partial charge in [-0.25, -0.2) is 4.79 Å². The normalized spacial score (nSPS) is 22.9. The smallest absolute Gasteiger partial charge is 0.326 e. The van der Waals surface area contributed by atoms with Gasteiger partial charge in [0.1, 0.15) is 6.04 Å². The number of hydrogen-bond donors (Lipinski definition) is 2. The number of benzene rings is 1. The van der Waals surface area contributed by atoms with E-state index in [0.29, 0.717) is 0 Å². The minimum Gasteiger partial charge on any atom is -0.480 e. The van der Waals surface area contributed by atoms with E-state index in [1.54, 1.807) is 0 Å². The highest BCUT2D eigenvalue weighted by Gasteiger charge is 2.45. The summed E-state index contributed by atoms with van der Waals surface area (Å²) in [5.74, 6) is -1.00. The fourth-order valence-electron chi connectivity index (χ4n) is 2.45. The summed E-state index contributed by atoms with van der Waals surface area (Å²) in [6.07, 6.45) is 0.798. The zero-order valence-corrected chi connectivity index (χ0v) is 12.1. The fraction of sp³-hybridized carbons (Fsp3) is 0.500. The quantitative estimate of drug-likeness (QED) is 0.886. The van der Waals surface area contributed by atoms with Crippen molar-refractivity contribution in [3.8, 4) is 0 Å². The van der Waals surface area contributed by atoms with E-state index in [1.807, 2.05) is 51.1 Å². The molecule has 3 unspecified atom stereocenters. The van der Waals surface area contributed by atoms with Crippen molar-refractivity contribution in [2.24, 2.45) is 11.3 Å². The SMILES string of the molecule is CC(C)(C)C(NC(=O)C1CC1c1ccccc1)C(=O)O. The van der Waals surface area contributed by atoms with E-state index < -0.39 is 17.4 Å². The molecule has 0 radical (unpaired) electrons. The Morgan fingerprint density at radius 2 is 1.85 bits per heavy atom. The molecule has 1 saturated carbocycles. The Morgan fingerprint density at radius 1 is 1.25 bits per heavy atom. The molecule has 1 aliphatic carbocycles. The van der Waals surface area contributed by atoms with E-state index in [1.165, 1.54) is 0 Å². The van der Waals surface area contributed by atoms with Crippen LogP contribution < -0.4 is 5.32 Å². The zero-order chi connectivity index (χ0) is 14.9. The van der Waals surface area contributed by atoms with Gasteiger partial charge in [0, 0.05) is 5.92 Å². The number of carboxylic acids is 1. The summed E-state index contributed by atoms with van der Waals surface area (Å²) < 4.78 is 0. The fourth-order valence-corrected chi connectivity index (χ4v) is 2.45. The Labute approximate surface area is 119 Å². The highest BCUT2D eigenvalue weighted by Crippen LogP contribution is 2.47. The third kappa shape index (κ3) is 3.18. The Morgan fingerprint density at radius 3 is 2.35 bits per heavy atom. The second-order valence-corrected chi connectivity index (χ2v) is 6.51. The van der Waals surface area contributed by atoms with Gasteiger partial charge >= 0.3 is 5.97 Å². The second-order valence-electron chi connectivity index (χ2n) is 6.51. The maximum atomic E-state index is 12.2. The number of hydrogen-bond acceptors (Lipinski definition) is 2. The Hall–Kier alpha value is -1.84. The molecule has 0 saturated heterocycles. The van der Waals surface area contributed by atoms with Gasteiger partial charge in [-0.15, -0.1) is 0 Å². The number of carbonyl (C=O) groups excluding carboxylic acids is 1. The molecule has 1 aliphatic rings. The summed E-state index contributed by atoms with van der Waals surface area (Å²) in [4.78, 5) is 23.4. The average molecular weight is 275 g/mol. The van der Waals surface area contributed by atoms with Crippen LogP contribution in [-0.4, -0.2) is 23.0 Å². The molecule has 0 aliphatic heterocycles. The minimum atomic E-state index is -0.984. The van der Waals surface area contributed by atoms with Crippen LogP contribution in [0, 0.1) is 11.3 Å². The number of rotatable bonds is 4. The molecular formula is C16H21NO3. The summed E-state index contributed by atoms with van der Waals surface area (Å²) >= 11 is 0. The molecule has 20 heavy (non-hydrogen) atoms. The van der Waals surface area contributed by atoms with E-state index in [4.69, 9.17) is 0 Å². The second kappa shape index (κ2) is 5.27. The minimum absolute atomic E-state index is 0.0957. The van der Waals surface area contributed by atoms with Crippen LogP contribution in [0.2, 0.25) is 0 Å². The summed E-state index contributed by atoms with van der Waals surface area (Å²) in [6, 6.07) is 9.02. The van der Waals surface area contributed by atoms with Crippen LogP contribution in [0.5, 0.6) is 0 Å². The number of carboxylic acid groups (broad SMARTS) is 1. The van der Waals surface area contributed by atoms with Crippen molar-refractivity contribution >= 4 is 11.9 Å². The third-order valence-electron chi connectivity index (χ3n) is 3.75. The van der Waals surface area contributed by atoms with Gasteiger partial charge in [-0.2, -0.15) is 0 Å². The first kappa shape index (κ1) is 14.6. The third-order valence-corrected chi connectivity index (χ3v) is 3.75. The number of carbonyl (C=O) groups is 2. The van der Waals surface area contributed by atoms with Gasteiger partial charge in [-0.1, -0.05) is 51.1 Å². The molecule has 3 atom stereocenters. The number of amides is 1. The van der Waals surface area contributed by atoms with Gasteiger partial charge in [0.15, 0.2) is 0 Å². The van der Waals surface area contributed by atoms with Crippen molar-refractivity contribution < 1.29 is 14.7 Å². The van der Waals surface area contributed by atoms with Crippen molar-refractivity contribution in [3.63, 3.8) is 0 Å². The van der Waals surface area contributed by atoms with Gasteiger partial charge < -0.3 is 10.4 Å². The molecule has 2 rings (SSSR count). The van der Waals surface area contributed by atoms with Crippen molar-refractivity contribution in [1.29, 1.82) is 0 Å². The van der Waals surface area contributed by atoms with Crippen LogP contribution in [-0.2, 0) is 9.59 Å². The molecule has 1 aromatic carbocycles. The lowest BCUT2D eigenvalue weighted by molar-refractivity contribution is -0.145. The molecule has 1 aromatic rings. The molecule has 2 N–H and O–H groups in total. The van der Waals surface area contributed by atoms with Crippen LogP contribution in [0.15, 0.2) is 30.3 Å². The molecule has 4 heteroatoms. The van der Waals surface area contributed by atoms with Crippen LogP contribution in [0.4, 0.5) is 0 Å². The number of nitrogens with one attached hydrogen (secondary N) is 1. The lowest BCUT2D eigenvalue weighted by Crippen LogP contribution is -2.49. The summed E-state index contributed by atoms with van der Waals surface area (Å²) in [5, 5.41) is 11.9. The zero-order valence-electron chi connectivity index (χ0n) is 12.1. The van der Waals surface area contributed by atoms with Gasteiger partial charge in [0.25, 0.3) is 0 Å². The van der Waals surface area contributed by atoms with Crippen molar-refractivity contribution in [2.45, 2.75) is 39.2 Å². The van der Waals surface area contributed by atoms with Crippen molar-refractivity contribution in [3.05, 3.63) is 35.9 Å². The van der Waals surface area contributed by atoms with Crippen LogP contribution in [0.1, 0.15) is 38.7 Å². The standard InChI is InChI=1S/C16H21NO3/c1-16(2,3)13(15(19)20)17-14(18)12-9-11(12)10-7-5-4-6-8-10/h4-8,11-13H,9H2,1-3H3,(H,17,18)(H,19,20). The topological polar surface area (TPSA) is 66.4 Å². The predicted molar refractivity (Wildman–Crippen MR) is 76.3 cm³/mol. The molecule has 0 bridgehead atoms. The summed E-state index contributed by atoms with van der Waals surface area (Å²) in [5.41, 5.74) is 0.647. The molecule has 4 nitrogen and oxygen atoms in total. The van der Waals surface area contributed by atoms with E-state index in [9.17, 15) is 14.7 Å². The van der Waals surface area contributed by atoms with Crippen LogP contribution in [0.3, 0.4) is 0 Å². The van der Waals surface area contributed by atoms with Crippen LogP contribution >= 0.6 is 0 Å². The first-order chi connectivity index (χ1) is 9.30. The van der Waals surface area contributed by atoms with E-state index in [2.05, 4.69) is 5.32 Å². The van der Waals surface area contributed by atoms with Gasteiger partial charge in [0.05, 0.1) is 0 Å². The van der Waals surface area contributed by atoms with Gasteiger partial charge in [-0.3, -0.25) is 4.79 Å². The molecule has 1 amide bonds. The molecular weight excluding hydrogens is 254 g/mol. The number of aliphatic carboxylic acids is 1. The van der Waals surface area contributed by atoms with E-state index in [0.717, 1.165) is 12.0 Å². The van der Waals surface area contributed by atoms with E-state index in [-0.39, 0.29) is 17.7 Å². The Balaban J connectivity index is 1.99. The van der Waals surface area contributed by atoms with Crippen molar-refractivity contribution in [2.75, 3.05) is 0 Å². The van der Waals surface area contributed by atoms with Gasteiger partial charge in [0.2, 0.25) is 5.91 Å². The largest absolute Gasteiger partial charge is 0.480 e. The molecule has 0 aromatic heterocycles.